The highest BCUT2D eigenvalue weighted by molar-refractivity contribution is 4.95. The fourth-order valence-corrected chi connectivity index (χ4v) is 1.45. The van der Waals surface area contributed by atoms with Crippen molar-refractivity contribution in [2.24, 2.45) is 0 Å². The molecule has 0 spiro atoms. The van der Waals surface area contributed by atoms with Gasteiger partial charge >= 0.3 is 0 Å². The number of methoxy groups -OCH3 is 1. The molecule has 0 aromatic heterocycles. The monoisotopic (exact) mass is 154 g/mol. The largest absolute Gasteiger partial charge is 0.383 e. The van der Waals surface area contributed by atoms with Gasteiger partial charge in [-0.2, -0.15) is 5.26 Å². The van der Waals surface area contributed by atoms with Gasteiger partial charge < -0.3 is 4.74 Å². The molecule has 0 aromatic carbocycles. The highest BCUT2D eigenvalue weighted by Gasteiger charge is 2.22. The van der Waals surface area contributed by atoms with Gasteiger partial charge in [0.25, 0.3) is 0 Å². The van der Waals surface area contributed by atoms with Crippen LogP contribution in [0.4, 0.5) is 0 Å². The van der Waals surface area contributed by atoms with Crippen LogP contribution in [-0.4, -0.2) is 37.7 Å². The van der Waals surface area contributed by atoms with E-state index in [-0.39, 0.29) is 6.04 Å². The van der Waals surface area contributed by atoms with Crippen LogP contribution in [0.5, 0.6) is 0 Å². The van der Waals surface area contributed by atoms with Crippen molar-refractivity contribution in [1.82, 2.24) is 4.90 Å². The summed E-state index contributed by atoms with van der Waals surface area (Å²) in [5, 5.41) is 8.70. The maximum atomic E-state index is 8.70. The predicted molar refractivity (Wildman–Crippen MR) is 42.1 cm³/mol. The molecule has 1 rings (SSSR count). The molecule has 1 saturated heterocycles. The molecule has 1 fully saturated rings. The molecule has 0 bridgehead atoms. The molecule has 0 saturated carbocycles. The maximum absolute atomic E-state index is 8.70. The summed E-state index contributed by atoms with van der Waals surface area (Å²) < 4.78 is 4.95. The van der Waals surface area contributed by atoms with Crippen molar-refractivity contribution in [2.75, 3.05) is 26.8 Å². The molecule has 3 heteroatoms. The number of rotatable bonds is 3. The zero-order chi connectivity index (χ0) is 8.10. The van der Waals surface area contributed by atoms with Crippen molar-refractivity contribution < 1.29 is 4.74 Å². The molecule has 1 unspecified atom stereocenters. The van der Waals surface area contributed by atoms with Crippen LogP contribution >= 0.6 is 0 Å². The molecule has 1 heterocycles. The summed E-state index contributed by atoms with van der Waals surface area (Å²) in [6.45, 7) is 2.69. The summed E-state index contributed by atoms with van der Waals surface area (Å²) in [4.78, 5) is 2.18. The lowest BCUT2D eigenvalue weighted by atomic mass is 10.2. The van der Waals surface area contributed by atoms with E-state index in [0.29, 0.717) is 0 Å². The Hall–Kier alpha value is -0.590. The molecule has 0 N–H and O–H groups in total. The normalized spacial score (nSPS) is 25.3. The van der Waals surface area contributed by atoms with Gasteiger partial charge in [-0.3, -0.25) is 4.90 Å². The summed E-state index contributed by atoms with van der Waals surface area (Å²) in [6.07, 6.45) is 2.18. The van der Waals surface area contributed by atoms with Gasteiger partial charge in [-0.05, 0) is 19.4 Å². The number of likely N-dealkylation sites (tertiary alicyclic amines) is 1. The highest BCUT2D eigenvalue weighted by atomic mass is 16.5. The van der Waals surface area contributed by atoms with Gasteiger partial charge in [0.05, 0.1) is 18.7 Å². The summed E-state index contributed by atoms with van der Waals surface area (Å²) in [5.41, 5.74) is 0. The van der Waals surface area contributed by atoms with Gasteiger partial charge in [-0.15, -0.1) is 0 Å². The average Bonchev–Trinajstić information content (AvgIpc) is 2.47. The van der Waals surface area contributed by atoms with Crippen LogP contribution in [0.15, 0.2) is 0 Å². The van der Waals surface area contributed by atoms with Crippen LogP contribution in [0, 0.1) is 11.3 Å². The van der Waals surface area contributed by atoms with E-state index < -0.39 is 0 Å². The fourth-order valence-electron chi connectivity index (χ4n) is 1.45. The minimum Gasteiger partial charge on any atom is -0.383 e. The zero-order valence-electron chi connectivity index (χ0n) is 6.92. The molecule has 0 aliphatic carbocycles. The van der Waals surface area contributed by atoms with Gasteiger partial charge in [-0.25, -0.2) is 0 Å². The van der Waals surface area contributed by atoms with E-state index in [2.05, 4.69) is 11.0 Å². The van der Waals surface area contributed by atoms with E-state index in [4.69, 9.17) is 10.00 Å². The van der Waals surface area contributed by atoms with Gasteiger partial charge in [0.1, 0.15) is 0 Å². The third-order valence-corrected chi connectivity index (χ3v) is 2.10. The molecule has 0 amide bonds. The van der Waals surface area contributed by atoms with E-state index in [1.807, 2.05) is 0 Å². The quantitative estimate of drug-likeness (QED) is 0.598. The van der Waals surface area contributed by atoms with Crippen molar-refractivity contribution in [2.45, 2.75) is 18.9 Å². The molecule has 1 aliphatic heterocycles. The zero-order valence-corrected chi connectivity index (χ0v) is 6.92. The number of ether oxygens (including phenoxy) is 1. The summed E-state index contributed by atoms with van der Waals surface area (Å²) in [5.74, 6) is 0. The van der Waals surface area contributed by atoms with Crippen molar-refractivity contribution in [1.29, 1.82) is 5.26 Å². The van der Waals surface area contributed by atoms with Gasteiger partial charge in [0.15, 0.2) is 0 Å². The van der Waals surface area contributed by atoms with Gasteiger partial charge in [-0.1, -0.05) is 0 Å². The van der Waals surface area contributed by atoms with Crippen LogP contribution in [0.1, 0.15) is 12.8 Å². The van der Waals surface area contributed by atoms with Gasteiger partial charge in [0, 0.05) is 13.7 Å². The summed E-state index contributed by atoms with van der Waals surface area (Å²) >= 11 is 0. The van der Waals surface area contributed by atoms with E-state index in [9.17, 15) is 0 Å². The van der Waals surface area contributed by atoms with Gasteiger partial charge in [0.2, 0.25) is 0 Å². The number of nitriles is 1. The first-order chi connectivity index (χ1) is 5.38. The minimum absolute atomic E-state index is 0.144. The first kappa shape index (κ1) is 8.51. The minimum atomic E-state index is 0.144. The second kappa shape index (κ2) is 4.32. The van der Waals surface area contributed by atoms with Crippen molar-refractivity contribution in [3.8, 4) is 6.07 Å². The van der Waals surface area contributed by atoms with Crippen LogP contribution < -0.4 is 0 Å². The highest BCUT2D eigenvalue weighted by Crippen LogP contribution is 2.15. The Morgan fingerprint density at radius 1 is 1.73 bits per heavy atom. The first-order valence-electron chi connectivity index (χ1n) is 4.01. The number of nitrogens with zero attached hydrogens (tertiary/aromatic N) is 2. The Kier molecular flexibility index (Phi) is 3.34. The molecule has 11 heavy (non-hydrogen) atoms. The van der Waals surface area contributed by atoms with Crippen molar-refractivity contribution in [3.05, 3.63) is 0 Å². The molecule has 1 aliphatic rings. The third kappa shape index (κ3) is 2.18. The topological polar surface area (TPSA) is 36.3 Å². The molecule has 3 nitrogen and oxygen atoms in total. The number of hydrogen-bond donors (Lipinski definition) is 0. The van der Waals surface area contributed by atoms with E-state index in [0.717, 1.165) is 32.5 Å². The second-order valence-corrected chi connectivity index (χ2v) is 2.82. The second-order valence-electron chi connectivity index (χ2n) is 2.82. The Morgan fingerprint density at radius 3 is 3.18 bits per heavy atom. The Balaban J connectivity index is 2.27. The molecule has 62 valence electrons. The standard InChI is InChI=1S/C8H14N2O/c1-11-6-5-10-4-2-3-8(10)7-9/h8H,2-6H2,1H3. The van der Waals surface area contributed by atoms with E-state index in [1.165, 1.54) is 0 Å². The lowest BCUT2D eigenvalue weighted by molar-refractivity contribution is 0.151. The fraction of sp³-hybridized carbons (Fsp3) is 0.875. The molecule has 1 atom stereocenters. The Morgan fingerprint density at radius 2 is 2.55 bits per heavy atom. The van der Waals surface area contributed by atoms with Crippen LogP contribution in [-0.2, 0) is 4.74 Å². The third-order valence-electron chi connectivity index (χ3n) is 2.10. The average molecular weight is 154 g/mol. The smallest absolute Gasteiger partial charge is 0.0979 e. The Labute approximate surface area is 67.6 Å². The summed E-state index contributed by atoms with van der Waals surface area (Å²) in [6, 6.07) is 2.44. The lowest BCUT2D eigenvalue weighted by Crippen LogP contribution is -2.31. The molecular formula is C8H14N2O. The van der Waals surface area contributed by atoms with Crippen LogP contribution in [0.25, 0.3) is 0 Å². The van der Waals surface area contributed by atoms with Crippen LogP contribution in [0.2, 0.25) is 0 Å². The Bertz CT molecular complexity index is 153. The maximum Gasteiger partial charge on any atom is 0.0979 e. The number of hydrogen-bond acceptors (Lipinski definition) is 3. The van der Waals surface area contributed by atoms with Crippen molar-refractivity contribution >= 4 is 0 Å². The van der Waals surface area contributed by atoms with E-state index in [1.54, 1.807) is 7.11 Å². The SMILES string of the molecule is COCCN1CCCC1C#N. The lowest BCUT2D eigenvalue weighted by Gasteiger charge is -2.17. The molecule has 0 radical (unpaired) electrons. The molecule has 0 aromatic rings. The van der Waals surface area contributed by atoms with Crippen molar-refractivity contribution in [3.63, 3.8) is 0 Å². The predicted octanol–water partition coefficient (Wildman–Crippen LogP) is 0.621. The first-order valence-corrected chi connectivity index (χ1v) is 4.01. The van der Waals surface area contributed by atoms with E-state index >= 15 is 0 Å². The van der Waals surface area contributed by atoms with Crippen LogP contribution in [0.3, 0.4) is 0 Å². The summed E-state index contributed by atoms with van der Waals surface area (Å²) in [7, 11) is 1.69. The molecular weight excluding hydrogens is 140 g/mol.